The van der Waals surface area contributed by atoms with Crippen molar-refractivity contribution in [2.24, 2.45) is 0 Å². The van der Waals surface area contributed by atoms with Crippen LogP contribution in [0.25, 0.3) is 0 Å². The molecule has 70 valence electrons. The molecule has 0 N–H and O–H groups in total. The van der Waals surface area contributed by atoms with Gasteiger partial charge < -0.3 is 0 Å². The topological polar surface area (TPSA) is 35.5 Å². The Kier molecular flexibility index (Phi) is 3.39. The van der Waals surface area contributed by atoms with Gasteiger partial charge in [-0.3, -0.25) is 9.78 Å². The largest absolute Gasteiger partial charge is 0.352 e. The summed E-state index contributed by atoms with van der Waals surface area (Å²) in [7, 11) is 0. The van der Waals surface area contributed by atoms with Crippen LogP contribution in [0.3, 0.4) is 0 Å². The molecule has 0 radical (unpaired) electrons. The van der Waals surface area contributed by atoms with Gasteiger partial charge in [0.15, 0.2) is 5.75 Å². The van der Waals surface area contributed by atoms with Crippen LogP contribution in [0, 0.1) is 0 Å². The predicted molar refractivity (Wildman–Crippen MR) is 48.9 cm³/mol. The van der Waals surface area contributed by atoms with Gasteiger partial charge in [-0.2, -0.15) is 0 Å². The number of hydrogen-bond donors (Lipinski definition) is 0. The smallest absolute Gasteiger partial charge is 0.285 e. The standard InChI is InChI=1S/C8H6Cl2O3/c1-5(11)12-13-7-4-2-3-6(9)8(7)10/h2-4H,1H3. The highest BCUT2D eigenvalue weighted by Crippen LogP contribution is 2.31. The van der Waals surface area contributed by atoms with Crippen LogP contribution >= 0.6 is 23.2 Å². The first kappa shape index (κ1) is 10.2. The first-order chi connectivity index (χ1) is 6.11. The first-order valence-electron chi connectivity index (χ1n) is 3.40. The Hall–Kier alpha value is -0.930. The van der Waals surface area contributed by atoms with Gasteiger partial charge in [-0.25, -0.2) is 4.79 Å². The number of hydrogen-bond acceptors (Lipinski definition) is 3. The molecule has 0 fully saturated rings. The zero-order chi connectivity index (χ0) is 9.84. The number of carbonyl (C=O) groups is 1. The zero-order valence-corrected chi connectivity index (χ0v) is 8.22. The predicted octanol–water partition coefficient (Wildman–Crippen LogP) is 2.85. The van der Waals surface area contributed by atoms with Gasteiger partial charge in [-0.1, -0.05) is 29.3 Å². The second kappa shape index (κ2) is 4.35. The van der Waals surface area contributed by atoms with Crippen molar-refractivity contribution in [2.75, 3.05) is 0 Å². The fourth-order valence-corrected chi connectivity index (χ4v) is 0.975. The van der Waals surface area contributed by atoms with E-state index in [0.717, 1.165) is 0 Å². The third-order valence-electron chi connectivity index (χ3n) is 1.16. The number of halogens is 2. The highest BCUT2D eigenvalue weighted by molar-refractivity contribution is 6.42. The van der Waals surface area contributed by atoms with Crippen LogP contribution in [0.15, 0.2) is 18.2 Å². The third-order valence-corrected chi connectivity index (χ3v) is 1.97. The van der Waals surface area contributed by atoms with Crippen LogP contribution in [0.1, 0.15) is 6.92 Å². The van der Waals surface area contributed by atoms with Crippen molar-refractivity contribution >= 4 is 29.2 Å². The molecular weight excluding hydrogens is 215 g/mol. The number of rotatable bonds is 2. The van der Waals surface area contributed by atoms with E-state index in [2.05, 4.69) is 9.78 Å². The highest BCUT2D eigenvalue weighted by Gasteiger charge is 2.07. The van der Waals surface area contributed by atoms with Gasteiger partial charge in [0.2, 0.25) is 0 Å². The minimum absolute atomic E-state index is 0.212. The molecule has 0 aliphatic carbocycles. The van der Waals surface area contributed by atoms with Crippen LogP contribution in [-0.2, 0) is 9.68 Å². The quantitative estimate of drug-likeness (QED) is 0.568. The summed E-state index contributed by atoms with van der Waals surface area (Å²) >= 11 is 11.4. The number of carbonyl (C=O) groups excluding carboxylic acids is 1. The molecule has 1 aromatic rings. The van der Waals surface area contributed by atoms with E-state index in [1.807, 2.05) is 0 Å². The second-order valence-electron chi connectivity index (χ2n) is 2.21. The van der Waals surface area contributed by atoms with Gasteiger partial charge in [0.25, 0.3) is 0 Å². The van der Waals surface area contributed by atoms with Gasteiger partial charge in [0.1, 0.15) is 5.02 Å². The van der Waals surface area contributed by atoms with Gasteiger partial charge in [-0.05, 0) is 12.1 Å². The molecule has 0 saturated carbocycles. The zero-order valence-electron chi connectivity index (χ0n) is 6.71. The van der Waals surface area contributed by atoms with Crippen molar-refractivity contribution < 1.29 is 14.6 Å². The monoisotopic (exact) mass is 220 g/mol. The molecule has 0 unspecified atom stereocenters. The minimum Gasteiger partial charge on any atom is -0.285 e. The van der Waals surface area contributed by atoms with Crippen LogP contribution in [-0.4, -0.2) is 5.97 Å². The Bertz CT molecular complexity index is 325. The lowest BCUT2D eigenvalue weighted by molar-refractivity contribution is -0.210. The van der Waals surface area contributed by atoms with E-state index in [9.17, 15) is 4.79 Å². The van der Waals surface area contributed by atoms with E-state index in [1.165, 1.54) is 13.0 Å². The Morgan fingerprint density at radius 2 is 2.08 bits per heavy atom. The van der Waals surface area contributed by atoms with Gasteiger partial charge >= 0.3 is 5.97 Å². The molecule has 5 heteroatoms. The average Bonchev–Trinajstić information content (AvgIpc) is 2.07. The van der Waals surface area contributed by atoms with Crippen LogP contribution in [0.5, 0.6) is 5.75 Å². The van der Waals surface area contributed by atoms with Crippen molar-refractivity contribution in [1.82, 2.24) is 0 Å². The molecule has 3 nitrogen and oxygen atoms in total. The van der Waals surface area contributed by atoms with E-state index in [-0.39, 0.29) is 10.8 Å². The average molecular weight is 221 g/mol. The van der Waals surface area contributed by atoms with Crippen LogP contribution in [0.4, 0.5) is 0 Å². The molecule has 0 amide bonds. The maximum Gasteiger partial charge on any atom is 0.352 e. The van der Waals surface area contributed by atoms with Gasteiger partial charge in [0.05, 0.1) is 5.02 Å². The second-order valence-corrected chi connectivity index (χ2v) is 3.00. The molecule has 0 aromatic heterocycles. The van der Waals surface area contributed by atoms with E-state index in [1.54, 1.807) is 12.1 Å². The Balaban J connectivity index is 2.77. The summed E-state index contributed by atoms with van der Waals surface area (Å²) in [6.45, 7) is 1.22. The lowest BCUT2D eigenvalue weighted by Gasteiger charge is -2.04. The molecule has 0 atom stereocenters. The molecule has 0 aliphatic rings. The van der Waals surface area contributed by atoms with Gasteiger partial charge in [-0.15, -0.1) is 0 Å². The van der Waals surface area contributed by atoms with Gasteiger partial charge in [0, 0.05) is 6.92 Å². The molecule has 0 saturated heterocycles. The van der Waals surface area contributed by atoms with E-state index < -0.39 is 5.97 Å². The summed E-state index contributed by atoms with van der Waals surface area (Å²) in [5.74, 6) is -0.347. The molecule has 0 heterocycles. The third kappa shape index (κ3) is 2.79. The molecule has 0 bridgehead atoms. The van der Waals surface area contributed by atoms with Crippen molar-refractivity contribution in [3.8, 4) is 5.75 Å². The lowest BCUT2D eigenvalue weighted by Crippen LogP contribution is -2.03. The van der Waals surface area contributed by atoms with E-state index in [4.69, 9.17) is 23.2 Å². The minimum atomic E-state index is -0.559. The van der Waals surface area contributed by atoms with Crippen molar-refractivity contribution in [3.63, 3.8) is 0 Å². The highest BCUT2D eigenvalue weighted by atomic mass is 35.5. The summed E-state index contributed by atoms with van der Waals surface area (Å²) < 4.78 is 0. The summed E-state index contributed by atoms with van der Waals surface area (Å²) in [6.07, 6.45) is 0. The fraction of sp³-hybridized carbons (Fsp3) is 0.125. The van der Waals surface area contributed by atoms with Crippen molar-refractivity contribution in [2.45, 2.75) is 6.92 Å². The molecule has 1 aromatic carbocycles. The van der Waals surface area contributed by atoms with E-state index in [0.29, 0.717) is 5.02 Å². The molecular formula is C8H6Cl2O3. The lowest BCUT2D eigenvalue weighted by atomic mass is 10.3. The Morgan fingerprint density at radius 1 is 1.38 bits per heavy atom. The number of benzene rings is 1. The maximum atomic E-state index is 10.4. The summed E-state index contributed by atoms with van der Waals surface area (Å²) in [4.78, 5) is 19.3. The molecule has 13 heavy (non-hydrogen) atoms. The van der Waals surface area contributed by atoms with Crippen molar-refractivity contribution in [3.05, 3.63) is 28.2 Å². The molecule has 0 spiro atoms. The first-order valence-corrected chi connectivity index (χ1v) is 4.16. The summed E-state index contributed by atoms with van der Waals surface area (Å²) in [6, 6.07) is 4.77. The molecule has 0 aliphatic heterocycles. The van der Waals surface area contributed by atoms with Crippen LogP contribution < -0.4 is 4.89 Å². The maximum absolute atomic E-state index is 10.4. The molecule has 1 rings (SSSR count). The summed E-state index contributed by atoms with van der Waals surface area (Å²) in [5.41, 5.74) is 0. The Labute approximate surface area is 85.1 Å². The normalized spacial score (nSPS) is 9.46. The fourth-order valence-electron chi connectivity index (χ4n) is 0.652. The van der Waals surface area contributed by atoms with E-state index >= 15 is 0 Å². The SMILES string of the molecule is CC(=O)OOc1cccc(Cl)c1Cl. The van der Waals surface area contributed by atoms with Crippen LogP contribution in [0.2, 0.25) is 10.0 Å². The Morgan fingerprint density at radius 3 is 2.69 bits per heavy atom. The summed E-state index contributed by atoms with van der Waals surface area (Å²) in [5, 5.41) is 0.553. The van der Waals surface area contributed by atoms with Crippen molar-refractivity contribution in [1.29, 1.82) is 0 Å².